The second-order valence-electron chi connectivity index (χ2n) is 4.93. The predicted molar refractivity (Wildman–Crippen MR) is 90.8 cm³/mol. The number of anilines is 2. The number of nitrogens with zero attached hydrogens (tertiary/aromatic N) is 2. The number of rotatable bonds is 4. The monoisotopic (exact) mass is 318 g/mol. The van der Waals surface area contributed by atoms with Crippen LogP contribution in [0, 0.1) is 0 Å². The van der Waals surface area contributed by atoms with E-state index in [1.54, 1.807) is 48.5 Å². The molecule has 2 N–H and O–H groups in total. The van der Waals surface area contributed by atoms with Crippen LogP contribution in [0.25, 0.3) is 0 Å². The van der Waals surface area contributed by atoms with Crippen molar-refractivity contribution in [2.45, 2.75) is 0 Å². The van der Waals surface area contributed by atoms with E-state index in [2.05, 4.69) is 20.6 Å². The van der Waals surface area contributed by atoms with Gasteiger partial charge in [-0.15, -0.1) is 0 Å². The van der Waals surface area contributed by atoms with Crippen LogP contribution in [-0.2, 0) is 0 Å². The number of hydrogen-bond donors (Lipinski definition) is 2. The van der Waals surface area contributed by atoms with Gasteiger partial charge in [-0.2, -0.15) is 0 Å². The highest BCUT2D eigenvalue weighted by Crippen LogP contribution is 2.10. The zero-order chi connectivity index (χ0) is 16.8. The van der Waals surface area contributed by atoms with Crippen LogP contribution in [0.3, 0.4) is 0 Å². The fourth-order valence-corrected chi connectivity index (χ4v) is 2.04. The topological polar surface area (TPSA) is 84.0 Å². The largest absolute Gasteiger partial charge is 0.305 e. The molecule has 6 nitrogen and oxygen atoms in total. The van der Waals surface area contributed by atoms with Crippen LogP contribution in [0.15, 0.2) is 73.1 Å². The van der Waals surface area contributed by atoms with Gasteiger partial charge in [-0.3, -0.25) is 14.6 Å². The Labute approximate surface area is 138 Å². The Morgan fingerprint density at radius 1 is 0.667 bits per heavy atom. The molecule has 2 aromatic carbocycles. The fourth-order valence-electron chi connectivity index (χ4n) is 2.04. The summed E-state index contributed by atoms with van der Waals surface area (Å²) in [6.07, 6.45) is 2.83. The summed E-state index contributed by atoms with van der Waals surface area (Å²) in [4.78, 5) is 32.4. The number of benzene rings is 2. The minimum atomic E-state index is -0.295. The maximum Gasteiger partial charge on any atom is 0.256 e. The quantitative estimate of drug-likeness (QED) is 0.774. The molecule has 0 aliphatic heterocycles. The van der Waals surface area contributed by atoms with Crippen LogP contribution < -0.4 is 10.6 Å². The van der Waals surface area contributed by atoms with E-state index in [-0.39, 0.29) is 23.5 Å². The van der Waals surface area contributed by atoms with E-state index < -0.39 is 0 Å². The Bertz CT molecular complexity index is 782. The third-order valence-corrected chi connectivity index (χ3v) is 3.19. The Morgan fingerprint density at radius 3 is 1.50 bits per heavy atom. The lowest BCUT2D eigenvalue weighted by Crippen LogP contribution is -2.16. The van der Waals surface area contributed by atoms with Gasteiger partial charge in [0.05, 0.1) is 12.4 Å². The minimum Gasteiger partial charge on any atom is -0.305 e. The van der Waals surface area contributed by atoms with Crippen molar-refractivity contribution in [3.05, 3.63) is 84.2 Å². The van der Waals surface area contributed by atoms with Gasteiger partial charge in [0.1, 0.15) is 0 Å². The molecule has 1 aromatic heterocycles. The summed E-state index contributed by atoms with van der Waals surface area (Å²) in [5, 5.41) is 5.30. The third kappa shape index (κ3) is 3.80. The molecule has 0 fully saturated rings. The number of amides is 2. The number of carbonyl (C=O) groups excluding carboxylic acids is 2. The molecule has 0 spiro atoms. The Kier molecular flexibility index (Phi) is 4.57. The molecule has 0 atom stereocenters. The first-order chi connectivity index (χ1) is 11.7. The SMILES string of the molecule is O=C(Nc1cncc(NC(=O)c2ccccc2)n1)c1ccccc1. The highest BCUT2D eigenvalue weighted by Gasteiger charge is 2.09. The summed E-state index contributed by atoms with van der Waals surface area (Å²) in [5.74, 6) is -0.0719. The number of carbonyl (C=O) groups is 2. The molecule has 0 saturated heterocycles. The lowest BCUT2D eigenvalue weighted by molar-refractivity contribution is 0.101. The van der Waals surface area contributed by atoms with Crippen LogP contribution in [0.4, 0.5) is 11.6 Å². The van der Waals surface area contributed by atoms with Crippen molar-refractivity contribution in [1.29, 1.82) is 0 Å². The summed E-state index contributed by atoms with van der Waals surface area (Å²) >= 11 is 0. The lowest BCUT2D eigenvalue weighted by Gasteiger charge is -2.07. The van der Waals surface area contributed by atoms with Crippen LogP contribution >= 0.6 is 0 Å². The van der Waals surface area contributed by atoms with Crippen molar-refractivity contribution in [2.24, 2.45) is 0 Å². The Morgan fingerprint density at radius 2 is 1.08 bits per heavy atom. The lowest BCUT2D eigenvalue weighted by atomic mass is 10.2. The van der Waals surface area contributed by atoms with E-state index in [9.17, 15) is 9.59 Å². The van der Waals surface area contributed by atoms with Crippen molar-refractivity contribution >= 4 is 23.5 Å². The summed E-state index contributed by atoms with van der Waals surface area (Å²) < 4.78 is 0. The molecule has 118 valence electrons. The van der Waals surface area contributed by atoms with E-state index in [0.717, 1.165) is 0 Å². The normalized spacial score (nSPS) is 10.0. The molecule has 0 radical (unpaired) electrons. The van der Waals surface area contributed by atoms with Gasteiger partial charge in [-0.1, -0.05) is 36.4 Å². The zero-order valence-electron chi connectivity index (χ0n) is 12.6. The Hall–Kier alpha value is -3.54. The Balaban J connectivity index is 1.70. The van der Waals surface area contributed by atoms with Crippen LogP contribution in [0.1, 0.15) is 20.7 Å². The van der Waals surface area contributed by atoms with Crippen molar-refractivity contribution in [3.63, 3.8) is 0 Å². The van der Waals surface area contributed by atoms with Gasteiger partial charge in [0.25, 0.3) is 11.8 Å². The highest BCUT2D eigenvalue weighted by molar-refractivity contribution is 6.05. The van der Waals surface area contributed by atoms with E-state index >= 15 is 0 Å². The average Bonchev–Trinajstić information content (AvgIpc) is 2.63. The van der Waals surface area contributed by atoms with Crippen molar-refractivity contribution in [2.75, 3.05) is 10.6 Å². The van der Waals surface area contributed by atoms with Gasteiger partial charge < -0.3 is 10.6 Å². The van der Waals surface area contributed by atoms with Crippen LogP contribution in [-0.4, -0.2) is 21.8 Å². The number of nitrogens with one attached hydrogen (secondary N) is 2. The van der Waals surface area contributed by atoms with E-state index in [1.807, 2.05) is 12.1 Å². The smallest absolute Gasteiger partial charge is 0.256 e. The van der Waals surface area contributed by atoms with Crippen molar-refractivity contribution in [3.8, 4) is 0 Å². The standard InChI is InChI=1S/C18H14N4O2/c23-17(13-7-3-1-4-8-13)21-15-11-19-12-16(20-15)22-18(24)14-9-5-2-6-10-14/h1-12H,(H2,20,21,22,23,24). The molecule has 0 bridgehead atoms. The predicted octanol–water partition coefficient (Wildman–Crippen LogP) is 2.98. The first kappa shape index (κ1) is 15.4. The number of hydrogen-bond acceptors (Lipinski definition) is 4. The van der Waals surface area contributed by atoms with E-state index in [0.29, 0.717) is 11.1 Å². The minimum absolute atomic E-state index is 0.259. The molecular weight excluding hydrogens is 304 g/mol. The molecule has 0 aliphatic carbocycles. The van der Waals surface area contributed by atoms with E-state index in [4.69, 9.17) is 0 Å². The van der Waals surface area contributed by atoms with Crippen LogP contribution in [0.2, 0.25) is 0 Å². The van der Waals surface area contributed by atoms with Gasteiger partial charge >= 0.3 is 0 Å². The first-order valence-electron chi connectivity index (χ1n) is 7.27. The molecule has 0 aliphatic rings. The summed E-state index contributed by atoms with van der Waals surface area (Å²) in [7, 11) is 0. The molecule has 3 aromatic rings. The number of aromatic nitrogens is 2. The second kappa shape index (κ2) is 7.15. The summed E-state index contributed by atoms with van der Waals surface area (Å²) in [6.45, 7) is 0. The summed E-state index contributed by atoms with van der Waals surface area (Å²) in [6, 6.07) is 17.6. The zero-order valence-corrected chi connectivity index (χ0v) is 12.6. The van der Waals surface area contributed by atoms with Gasteiger partial charge in [-0.05, 0) is 24.3 Å². The maximum atomic E-state index is 12.1. The van der Waals surface area contributed by atoms with Gasteiger partial charge in [-0.25, -0.2) is 4.98 Å². The highest BCUT2D eigenvalue weighted by atomic mass is 16.2. The average molecular weight is 318 g/mol. The van der Waals surface area contributed by atoms with Gasteiger partial charge in [0.2, 0.25) is 0 Å². The van der Waals surface area contributed by atoms with E-state index in [1.165, 1.54) is 12.4 Å². The molecule has 0 saturated carbocycles. The molecule has 6 heteroatoms. The molecule has 3 rings (SSSR count). The fraction of sp³-hybridized carbons (Fsp3) is 0. The van der Waals surface area contributed by atoms with Crippen molar-refractivity contribution in [1.82, 2.24) is 9.97 Å². The van der Waals surface area contributed by atoms with Gasteiger partial charge in [0.15, 0.2) is 11.6 Å². The molecular formula is C18H14N4O2. The maximum absolute atomic E-state index is 12.1. The van der Waals surface area contributed by atoms with Gasteiger partial charge in [0, 0.05) is 11.1 Å². The van der Waals surface area contributed by atoms with Crippen molar-refractivity contribution < 1.29 is 9.59 Å². The molecule has 0 unspecified atom stereocenters. The third-order valence-electron chi connectivity index (χ3n) is 3.19. The second-order valence-corrected chi connectivity index (χ2v) is 4.93. The molecule has 24 heavy (non-hydrogen) atoms. The molecule has 1 heterocycles. The van der Waals surface area contributed by atoms with Crippen LogP contribution in [0.5, 0.6) is 0 Å². The summed E-state index contributed by atoms with van der Waals surface area (Å²) in [5.41, 5.74) is 1.02. The first-order valence-corrected chi connectivity index (χ1v) is 7.27. The molecule has 2 amide bonds.